The van der Waals surface area contributed by atoms with Crippen molar-refractivity contribution in [3.05, 3.63) is 89.5 Å². The van der Waals surface area contributed by atoms with E-state index in [0.29, 0.717) is 0 Å². The Morgan fingerprint density at radius 2 is 1.03 bits per heavy atom. The summed E-state index contributed by atoms with van der Waals surface area (Å²) in [6.07, 6.45) is 0.217. The fourth-order valence-electron chi connectivity index (χ4n) is 3.40. The molecule has 0 amide bonds. The van der Waals surface area contributed by atoms with Crippen LogP contribution in [0.15, 0.2) is 72.8 Å². The zero-order valence-electron chi connectivity index (χ0n) is 18.3. The van der Waals surface area contributed by atoms with Gasteiger partial charge in [-0.15, -0.1) is 0 Å². The van der Waals surface area contributed by atoms with Gasteiger partial charge in [-0.25, -0.2) is 0 Å². The molecule has 0 aliphatic carbocycles. The molecule has 5 heteroatoms. The van der Waals surface area contributed by atoms with Gasteiger partial charge in [0.15, 0.2) is 5.92 Å². The van der Waals surface area contributed by atoms with Crippen LogP contribution in [-0.2, 0) is 25.5 Å². The van der Waals surface area contributed by atoms with Crippen LogP contribution in [0.4, 0.5) is 17.1 Å². The van der Waals surface area contributed by atoms with E-state index in [1.807, 2.05) is 24.3 Å². The largest absolute Gasteiger partial charge is 0.468 e. The van der Waals surface area contributed by atoms with Crippen LogP contribution in [-0.4, -0.2) is 26.2 Å². The summed E-state index contributed by atoms with van der Waals surface area (Å²) in [5.74, 6) is -2.18. The number of rotatable bonds is 7. The SMILES string of the molecule is COC(=O)C(Cc1ccc(N(c2ccc(C)cc2)c2ccc(C)cc2)cc1)C(=O)OC. The van der Waals surface area contributed by atoms with E-state index in [1.165, 1.54) is 25.3 Å². The van der Waals surface area contributed by atoms with E-state index in [-0.39, 0.29) is 6.42 Å². The lowest BCUT2D eigenvalue weighted by Crippen LogP contribution is -2.28. The van der Waals surface area contributed by atoms with Gasteiger partial charge in [0.25, 0.3) is 0 Å². The molecule has 0 radical (unpaired) electrons. The molecular weight excluding hydrogens is 390 g/mol. The molecule has 0 saturated heterocycles. The first kappa shape index (κ1) is 22.1. The predicted molar refractivity (Wildman–Crippen MR) is 122 cm³/mol. The third kappa shape index (κ3) is 5.31. The zero-order valence-corrected chi connectivity index (χ0v) is 18.3. The lowest BCUT2D eigenvalue weighted by molar-refractivity contribution is -0.158. The Hall–Kier alpha value is -3.60. The fourth-order valence-corrected chi connectivity index (χ4v) is 3.40. The van der Waals surface area contributed by atoms with E-state index >= 15 is 0 Å². The van der Waals surface area contributed by atoms with Crippen molar-refractivity contribution in [3.63, 3.8) is 0 Å². The lowest BCUT2D eigenvalue weighted by Gasteiger charge is -2.26. The summed E-state index contributed by atoms with van der Waals surface area (Å²) in [5, 5.41) is 0. The highest BCUT2D eigenvalue weighted by Gasteiger charge is 2.28. The van der Waals surface area contributed by atoms with Crippen LogP contribution in [0.5, 0.6) is 0 Å². The van der Waals surface area contributed by atoms with Crippen LogP contribution in [0, 0.1) is 19.8 Å². The van der Waals surface area contributed by atoms with Gasteiger partial charge < -0.3 is 14.4 Å². The van der Waals surface area contributed by atoms with Gasteiger partial charge in [0.1, 0.15) is 0 Å². The summed E-state index contributed by atoms with van der Waals surface area (Å²) >= 11 is 0. The Balaban J connectivity index is 1.93. The summed E-state index contributed by atoms with van der Waals surface area (Å²) in [6.45, 7) is 4.13. The van der Waals surface area contributed by atoms with Crippen molar-refractivity contribution >= 4 is 29.0 Å². The van der Waals surface area contributed by atoms with E-state index < -0.39 is 17.9 Å². The predicted octanol–water partition coefficient (Wildman–Crippen LogP) is 5.28. The van der Waals surface area contributed by atoms with Gasteiger partial charge in [-0.1, -0.05) is 47.5 Å². The van der Waals surface area contributed by atoms with Crippen LogP contribution in [0.3, 0.4) is 0 Å². The number of aryl methyl sites for hydroxylation is 2. The van der Waals surface area contributed by atoms with Crippen LogP contribution in [0.2, 0.25) is 0 Å². The molecule has 0 heterocycles. The molecule has 0 aliphatic heterocycles. The highest BCUT2D eigenvalue weighted by atomic mass is 16.5. The summed E-state index contributed by atoms with van der Waals surface area (Å²) in [6, 6.07) is 24.5. The Bertz CT molecular complexity index is 963. The maximum absolute atomic E-state index is 12.0. The van der Waals surface area contributed by atoms with E-state index in [1.54, 1.807) is 0 Å². The Kier molecular flexibility index (Phi) is 7.08. The van der Waals surface area contributed by atoms with E-state index in [0.717, 1.165) is 22.6 Å². The van der Waals surface area contributed by atoms with Crippen LogP contribution in [0.25, 0.3) is 0 Å². The Labute approximate surface area is 183 Å². The second-order valence-electron chi connectivity index (χ2n) is 7.48. The first-order valence-electron chi connectivity index (χ1n) is 10.1. The quantitative estimate of drug-likeness (QED) is 0.387. The summed E-state index contributed by atoms with van der Waals surface area (Å²) in [5.41, 5.74) is 6.30. The number of ether oxygens (including phenoxy) is 2. The number of hydrogen-bond donors (Lipinski definition) is 0. The number of esters is 2. The first-order valence-corrected chi connectivity index (χ1v) is 10.1. The number of anilines is 3. The molecule has 0 aliphatic rings. The maximum atomic E-state index is 12.0. The molecule has 3 rings (SSSR count). The summed E-state index contributed by atoms with van der Waals surface area (Å²) in [7, 11) is 2.53. The van der Waals surface area contributed by atoms with E-state index in [9.17, 15) is 9.59 Å². The van der Waals surface area contributed by atoms with Crippen LogP contribution < -0.4 is 4.90 Å². The molecule has 0 atom stereocenters. The van der Waals surface area contributed by atoms with Crippen molar-refractivity contribution in [2.75, 3.05) is 19.1 Å². The number of carbonyl (C=O) groups excluding carboxylic acids is 2. The Morgan fingerprint density at radius 3 is 1.39 bits per heavy atom. The minimum absolute atomic E-state index is 0.217. The third-order valence-corrected chi connectivity index (χ3v) is 5.19. The molecule has 5 nitrogen and oxygen atoms in total. The van der Waals surface area contributed by atoms with Gasteiger partial charge >= 0.3 is 11.9 Å². The zero-order chi connectivity index (χ0) is 22.4. The van der Waals surface area contributed by atoms with Crippen molar-refractivity contribution in [3.8, 4) is 0 Å². The van der Waals surface area contributed by atoms with Gasteiger partial charge in [0.05, 0.1) is 14.2 Å². The first-order chi connectivity index (χ1) is 14.9. The molecule has 0 fully saturated rings. The van der Waals surface area contributed by atoms with Crippen LogP contribution >= 0.6 is 0 Å². The highest BCUT2D eigenvalue weighted by molar-refractivity contribution is 5.95. The van der Waals surface area contributed by atoms with Gasteiger partial charge in [0, 0.05) is 17.1 Å². The average Bonchev–Trinajstić information content (AvgIpc) is 2.80. The second-order valence-corrected chi connectivity index (χ2v) is 7.48. The van der Waals surface area contributed by atoms with Crippen molar-refractivity contribution < 1.29 is 19.1 Å². The monoisotopic (exact) mass is 417 g/mol. The fraction of sp³-hybridized carbons (Fsp3) is 0.231. The van der Waals surface area contributed by atoms with Crippen LogP contribution in [0.1, 0.15) is 16.7 Å². The maximum Gasteiger partial charge on any atom is 0.320 e. The standard InChI is InChI=1S/C26H27NO4/c1-18-5-11-21(12-6-18)27(22-13-7-19(2)8-14-22)23-15-9-20(10-16-23)17-24(25(28)30-3)26(29)31-4/h5-16,24H,17H2,1-4H3. The lowest BCUT2D eigenvalue weighted by atomic mass is 9.99. The van der Waals surface area contributed by atoms with Crippen molar-refractivity contribution in [1.82, 2.24) is 0 Å². The molecule has 0 N–H and O–H groups in total. The smallest absolute Gasteiger partial charge is 0.320 e. The minimum Gasteiger partial charge on any atom is -0.468 e. The van der Waals surface area contributed by atoms with Crippen molar-refractivity contribution in [1.29, 1.82) is 0 Å². The summed E-state index contributed by atoms with van der Waals surface area (Å²) in [4.78, 5) is 26.1. The molecule has 0 aromatic heterocycles. The van der Waals surface area contributed by atoms with Crippen molar-refractivity contribution in [2.45, 2.75) is 20.3 Å². The molecule has 0 unspecified atom stereocenters. The van der Waals surface area contributed by atoms with Gasteiger partial charge in [-0.3, -0.25) is 9.59 Å². The molecule has 160 valence electrons. The number of hydrogen-bond acceptors (Lipinski definition) is 5. The molecule has 0 spiro atoms. The normalized spacial score (nSPS) is 10.6. The highest BCUT2D eigenvalue weighted by Crippen LogP contribution is 2.35. The van der Waals surface area contributed by atoms with Gasteiger partial charge in [0.2, 0.25) is 0 Å². The third-order valence-electron chi connectivity index (χ3n) is 5.19. The molecule has 3 aromatic carbocycles. The second kappa shape index (κ2) is 9.94. The van der Waals surface area contributed by atoms with Gasteiger partial charge in [-0.05, 0) is 62.2 Å². The van der Waals surface area contributed by atoms with E-state index in [2.05, 4.69) is 67.3 Å². The molecule has 31 heavy (non-hydrogen) atoms. The van der Waals surface area contributed by atoms with Gasteiger partial charge in [-0.2, -0.15) is 0 Å². The molecular formula is C26H27NO4. The van der Waals surface area contributed by atoms with E-state index in [4.69, 9.17) is 9.47 Å². The average molecular weight is 418 g/mol. The number of carbonyl (C=O) groups is 2. The summed E-state index contributed by atoms with van der Waals surface area (Å²) < 4.78 is 9.51. The Morgan fingerprint density at radius 1 is 0.677 bits per heavy atom. The number of nitrogens with zero attached hydrogens (tertiary/aromatic N) is 1. The number of benzene rings is 3. The number of methoxy groups -OCH3 is 2. The molecule has 0 bridgehead atoms. The van der Waals surface area contributed by atoms with Crippen molar-refractivity contribution in [2.24, 2.45) is 5.92 Å². The molecule has 0 saturated carbocycles. The molecule has 3 aromatic rings. The minimum atomic E-state index is -0.980. The topological polar surface area (TPSA) is 55.8 Å².